The number of hydrogen-bond acceptors (Lipinski definition) is 4. The zero-order chi connectivity index (χ0) is 14.5. The van der Waals surface area contributed by atoms with Gasteiger partial charge in [-0.3, -0.25) is 4.79 Å². The fourth-order valence-electron chi connectivity index (χ4n) is 1.37. The topological polar surface area (TPSA) is 52.6 Å². The van der Waals surface area contributed by atoms with Crippen LogP contribution < -0.4 is 0 Å². The zero-order valence-corrected chi connectivity index (χ0v) is 11.9. The van der Waals surface area contributed by atoms with Gasteiger partial charge in [0, 0.05) is 0 Å². The van der Waals surface area contributed by atoms with Crippen molar-refractivity contribution in [3.63, 3.8) is 0 Å². The van der Waals surface area contributed by atoms with Gasteiger partial charge in [-0.2, -0.15) is 0 Å². The summed E-state index contributed by atoms with van der Waals surface area (Å²) in [5.74, 6) is -0.638. The van der Waals surface area contributed by atoms with E-state index in [1.807, 2.05) is 0 Å². The maximum atomic E-state index is 11.6. The van der Waals surface area contributed by atoms with Gasteiger partial charge in [-0.15, -0.1) is 0 Å². The van der Waals surface area contributed by atoms with Crippen LogP contribution in [-0.2, 0) is 20.9 Å². The van der Waals surface area contributed by atoms with Crippen LogP contribution in [0.3, 0.4) is 0 Å². The average molecular weight is 264 g/mol. The number of hydrogen-bond donors (Lipinski definition) is 0. The lowest BCUT2D eigenvalue weighted by Crippen LogP contribution is -2.22. The van der Waals surface area contributed by atoms with Crippen LogP contribution in [0.4, 0.5) is 0 Å². The molecule has 0 fully saturated rings. The molecule has 0 heterocycles. The van der Waals surface area contributed by atoms with Gasteiger partial charge >= 0.3 is 11.9 Å². The van der Waals surface area contributed by atoms with Crippen molar-refractivity contribution in [3.8, 4) is 0 Å². The molecule has 0 bridgehead atoms. The maximum Gasteiger partial charge on any atom is 0.338 e. The van der Waals surface area contributed by atoms with Gasteiger partial charge in [0.15, 0.2) is 0 Å². The molecule has 0 N–H and O–H groups in total. The van der Waals surface area contributed by atoms with Gasteiger partial charge in [-0.1, -0.05) is 12.1 Å². The minimum Gasteiger partial charge on any atom is -0.462 e. The lowest BCUT2D eigenvalue weighted by atomic mass is 9.97. The lowest BCUT2D eigenvalue weighted by molar-refractivity contribution is -0.154. The third-order valence-corrected chi connectivity index (χ3v) is 2.42. The Hall–Kier alpha value is -1.84. The second-order valence-corrected chi connectivity index (χ2v) is 5.25. The first-order valence-corrected chi connectivity index (χ1v) is 6.28. The van der Waals surface area contributed by atoms with Crippen LogP contribution in [0.5, 0.6) is 0 Å². The van der Waals surface area contributed by atoms with Crippen LogP contribution in [0.15, 0.2) is 24.3 Å². The van der Waals surface area contributed by atoms with E-state index in [1.54, 1.807) is 52.0 Å². The molecule has 0 atom stereocenters. The SMILES string of the molecule is CCOC(=O)c1cccc(COC(=O)C(C)(C)C)c1. The molecule has 0 aliphatic rings. The van der Waals surface area contributed by atoms with E-state index in [2.05, 4.69) is 0 Å². The van der Waals surface area contributed by atoms with Crippen molar-refractivity contribution in [2.75, 3.05) is 6.61 Å². The van der Waals surface area contributed by atoms with Gasteiger partial charge in [0.05, 0.1) is 17.6 Å². The summed E-state index contributed by atoms with van der Waals surface area (Å²) < 4.78 is 10.1. The molecule has 19 heavy (non-hydrogen) atoms. The Balaban J connectivity index is 2.68. The molecule has 0 aliphatic heterocycles. The van der Waals surface area contributed by atoms with E-state index in [9.17, 15) is 9.59 Å². The Kier molecular flexibility index (Phi) is 5.10. The van der Waals surface area contributed by atoms with Crippen LogP contribution >= 0.6 is 0 Å². The van der Waals surface area contributed by atoms with Gasteiger partial charge in [-0.05, 0) is 45.4 Å². The fraction of sp³-hybridized carbons (Fsp3) is 0.467. The first kappa shape index (κ1) is 15.2. The second kappa shape index (κ2) is 6.36. The molecule has 1 aromatic carbocycles. The number of ether oxygens (including phenoxy) is 2. The minimum absolute atomic E-state index is 0.156. The second-order valence-electron chi connectivity index (χ2n) is 5.25. The van der Waals surface area contributed by atoms with E-state index in [-0.39, 0.29) is 18.5 Å². The van der Waals surface area contributed by atoms with Crippen LogP contribution in [0.25, 0.3) is 0 Å². The molecular formula is C15H20O4. The van der Waals surface area contributed by atoms with Crippen molar-refractivity contribution in [2.45, 2.75) is 34.3 Å². The molecule has 0 amide bonds. The summed E-state index contributed by atoms with van der Waals surface area (Å²) in [5.41, 5.74) is 0.702. The molecular weight excluding hydrogens is 244 g/mol. The standard InChI is InChI=1S/C15H20O4/c1-5-18-13(16)12-8-6-7-11(9-12)10-19-14(17)15(2,3)4/h6-9H,5,10H2,1-4H3. The van der Waals surface area contributed by atoms with Crippen molar-refractivity contribution in [2.24, 2.45) is 5.41 Å². The molecule has 0 aliphatic carbocycles. The van der Waals surface area contributed by atoms with Gasteiger partial charge in [0.2, 0.25) is 0 Å². The largest absolute Gasteiger partial charge is 0.462 e. The summed E-state index contributed by atoms with van der Waals surface area (Å²) in [6.45, 7) is 7.64. The lowest BCUT2D eigenvalue weighted by Gasteiger charge is -2.16. The normalized spacial score (nSPS) is 10.9. The fourth-order valence-corrected chi connectivity index (χ4v) is 1.37. The number of benzene rings is 1. The number of rotatable bonds is 4. The highest BCUT2D eigenvalue weighted by atomic mass is 16.5. The summed E-state index contributed by atoms with van der Waals surface area (Å²) >= 11 is 0. The third kappa shape index (κ3) is 4.73. The summed E-state index contributed by atoms with van der Waals surface area (Å²) in [6, 6.07) is 6.90. The summed E-state index contributed by atoms with van der Waals surface area (Å²) in [6.07, 6.45) is 0. The van der Waals surface area contributed by atoms with Crippen molar-refractivity contribution >= 4 is 11.9 Å². The minimum atomic E-state index is -0.529. The molecule has 0 saturated heterocycles. The predicted molar refractivity (Wildman–Crippen MR) is 71.6 cm³/mol. The Labute approximate surface area is 113 Å². The van der Waals surface area contributed by atoms with Crippen LogP contribution in [-0.4, -0.2) is 18.5 Å². The quantitative estimate of drug-likeness (QED) is 0.784. The van der Waals surface area contributed by atoms with E-state index in [0.717, 1.165) is 5.56 Å². The molecule has 0 radical (unpaired) electrons. The van der Waals surface area contributed by atoms with Crippen molar-refractivity contribution in [1.82, 2.24) is 0 Å². The molecule has 0 spiro atoms. The highest BCUT2D eigenvalue weighted by molar-refractivity contribution is 5.89. The maximum absolute atomic E-state index is 11.6. The van der Waals surface area contributed by atoms with E-state index < -0.39 is 5.41 Å². The van der Waals surface area contributed by atoms with E-state index in [0.29, 0.717) is 12.2 Å². The third-order valence-electron chi connectivity index (χ3n) is 2.42. The molecule has 0 aromatic heterocycles. The predicted octanol–water partition coefficient (Wildman–Crippen LogP) is 2.95. The van der Waals surface area contributed by atoms with Gasteiger partial charge in [-0.25, -0.2) is 4.79 Å². The number of carbonyl (C=O) groups excluding carboxylic acids is 2. The van der Waals surface area contributed by atoms with E-state index >= 15 is 0 Å². The summed E-state index contributed by atoms with van der Waals surface area (Å²) in [7, 11) is 0. The van der Waals surface area contributed by atoms with Crippen molar-refractivity contribution in [3.05, 3.63) is 35.4 Å². The Morgan fingerprint density at radius 3 is 2.42 bits per heavy atom. The summed E-state index contributed by atoms with van der Waals surface area (Å²) in [4.78, 5) is 23.2. The molecule has 4 heteroatoms. The van der Waals surface area contributed by atoms with Gasteiger partial charge in [0.25, 0.3) is 0 Å². The van der Waals surface area contributed by atoms with E-state index in [4.69, 9.17) is 9.47 Å². The Bertz CT molecular complexity index is 457. The van der Waals surface area contributed by atoms with E-state index in [1.165, 1.54) is 0 Å². The molecule has 1 rings (SSSR count). The molecule has 0 unspecified atom stereocenters. The zero-order valence-electron chi connectivity index (χ0n) is 11.9. The first-order chi connectivity index (χ1) is 8.84. The van der Waals surface area contributed by atoms with Crippen molar-refractivity contribution < 1.29 is 19.1 Å². The van der Waals surface area contributed by atoms with Crippen molar-refractivity contribution in [1.29, 1.82) is 0 Å². The van der Waals surface area contributed by atoms with Gasteiger partial charge < -0.3 is 9.47 Å². The Morgan fingerprint density at radius 2 is 1.84 bits per heavy atom. The first-order valence-electron chi connectivity index (χ1n) is 6.28. The molecule has 104 valence electrons. The highest BCUT2D eigenvalue weighted by Crippen LogP contribution is 2.17. The smallest absolute Gasteiger partial charge is 0.338 e. The van der Waals surface area contributed by atoms with Crippen LogP contribution in [0, 0.1) is 5.41 Å². The highest BCUT2D eigenvalue weighted by Gasteiger charge is 2.22. The monoisotopic (exact) mass is 264 g/mol. The van der Waals surface area contributed by atoms with Gasteiger partial charge in [0.1, 0.15) is 6.61 Å². The molecule has 1 aromatic rings. The molecule has 0 saturated carbocycles. The van der Waals surface area contributed by atoms with Crippen LogP contribution in [0.2, 0.25) is 0 Å². The average Bonchev–Trinajstić information content (AvgIpc) is 2.35. The van der Waals surface area contributed by atoms with Crippen LogP contribution in [0.1, 0.15) is 43.6 Å². The molecule has 4 nitrogen and oxygen atoms in total. The number of esters is 2. The number of carbonyl (C=O) groups is 2. The summed E-state index contributed by atoms with van der Waals surface area (Å²) in [5, 5.41) is 0. The Morgan fingerprint density at radius 1 is 1.16 bits per heavy atom.